The summed E-state index contributed by atoms with van der Waals surface area (Å²) in [7, 11) is 0. The third kappa shape index (κ3) is 4.01. The molecule has 0 radical (unpaired) electrons. The maximum Gasteiger partial charge on any atom is 0.312 e. The molecule has 100 valence electrons. The Morgan fingerprint density at radius 2 is 1.88 bits per heavy atom. The molecule has 0 unspecified atom stereocenters. The summed E-state index contributed by atoms with van der Waals surface area (Å²) in [5.74, 6) is 0.853. The number of ether oxygens (including phenoxy) is 1. The summed E-state index contributed by atoms with van der Waals surface area (Å²) in [6, 6.07) is 0. The predicted octanol–water partition coefficient (Wildman–Crippen LogP) is 4.33. The summed E-state index contributed by atoms with van der Waals surface area (Å²) >= 11 is 0. The van der Waals surface area contributed by atoms with Crippen molar-refractivity contribution in [2.24, 2.45) is 11.3 Å². The molecule has 0 aromatic rings. The monoisotopic (exact) mass is 240 g/mol. The first-order chi connectivity index (χ1) is 8.14. The van der Waals surface area contributed by atoms with Crippen LogP contribution in [0.5, 0.6) is 0 Å². The molecule has 0 saturated heterocycles. The van der Waals surface area contributed by atoms with Crippen LogP contribution < -0.4 is 0 Å². The molecular weight excluding hydrogens is 212 g/mol. The molecule has 0 N–H and O–H groups in total. The topological polar surface area (TPSA) is 26.3 Å². The molecule has 0 atom stereocenters. The highest BCUT2D eigenvalue weighted by atomic mass is 16.5. The van der Waals surface area contributed by atoms with Gasteiger partial charge in [-0.2, -0.15) is 0 Å². The maximum absolute atomic E-state index is 12.2. The minimum Gasteiger partial charge on any atom is -0.466 e. The summed E-state index contributed by atoms with van der Waals surface area (Å²) < 4.78 is 5.31. The Morgan fingerprint density at radius 1 is 1.24 bits per heavy atom. The SMILES string of the molecule is CCCCCC1(C(=O)OCC)CCC(C)CC1. The van der Waals surface area contributed by atoms with Crippen molar-refractivity contribution < 1.29 is 9.53 Å². The highest BCUT2D eigenvalue weighted by molar-refractivity contribution is 5.76. The van der Waals surface area contributed by atoms with E-state index in [1.165, 1.54) is 32.1 Å². The number of carbonyl (C=O) groups is 1. The minimum absolute atomic E-state index is 0.0722. The fourth-order valence-electron chi connectivity index (χ4n) is 2.87. The van der Waals surface area contributed by atoms with E-state index >= 15 is 0 Å². The Bertz CT molecular complexity index is 227. The Labute approximate surface area is 106 Å². The van der Waals surface area contributed by atoms with Crippen LogP contribution >= 0.6 is 0 Å². The van der Waals surface area contributed by atoms with Gasteiger partial charge >= 0.3 is 5.97 Å². The van der Waals surface area contributed by atoms with Crippen molar-refractivity contribution in [3.63, 3.8) is 0 Å². The van der Waals surface area contributed by atoms with E-state index in [4.69, 9.17) is 4.74 Å². The van der Waals surface area contributed by atoms with Crippen molar-refractivity contribution >= 4 is 5.97 Å². The van der Waals surface area contributed by atoms with Gasteiger partial charge in [0.25, 0.3) is 0 Å². The molecule has 1 saturated carbocycles. The number of unbranched alkanes of at least 4 members (excludes halogenated alkanes) is 2. The first-order valence-corrected chi connectivity index (χ1v) is 7.32. The first kappa shape index (κ1) is 14.5. The van der Waals surface area contributed by atoms with Crippen LogP contribution in [0.4, 0.5) is 0 Å². The molecule has 17 heavy (non-hydrogen) atoms. The van der Waals surface area contributed by atoms with Crippen molar-refractivity contribution in [3.05, 3.63) is 0 Å². The molecule has 0 aliphatic heterocycles. The van der Waals surface area contributed by atoms with Gasteiger partial charge in [-0.15, -0.1) is 0 Å². The molecule has 1 aliphatic rings. The third-order valence-corrected chi connectivity index (χ3v) is 4.20. The van der Waals surface area contributed by atoms with Crippen LogP contribution in [-0.4, -0.2) is 12.6 Å². The lowest BCUT2D eigenvalue weighted by molar-refractivity contribution is -0.158. The van der Waals surface area contributed by atoms with Crippen molar-refractivity contribution in [1.29, 1.82) is 0 Å². The van der Waals surface area contributed by atoms with Gasteiger partial charge in [0, 0.05) is 0 Å². The zero-order valence-corrected chi connectivity index (χ0v) is 11.8. The molecule has 0 amide bonds. The number of esters is 1. The van der Waals surface area contributed by atoms with Crippen molar-refractivity contribution in [2.75, 3.05) is 6.61 Å². The highest BCUT2D eigenvalue weighted by Gasteiger charge is 2.41. The van der Waals surface area contributed by atoms with Gasteiger partial charge in [-0.1, -0.05) is 33.1 Å². The van der Waals surface area contributed by atoms with Crippen LogP contribution in [0.15, 0.2) is 0 Å². The van der Waals surface area contributed by atoms with Gasteiger partial charge in [0.1, 0.15) is 0 Å². The summed E-state index contributed by atoms with van der Waals surface area (Å²) in [6.07, 6.45) is 9.10. The molecule has 2 nitrogen and oxygen atoms in total. The van der Waals surface area contributed by atoms with E-state index < -0.39 is 0 Å². The molecule has 1 fully saturated rings. The Hall–Kier alpha value is -0.530. The molecule has 1 aliphatic carbocycles. The zero-order valence-electron chi connectivity index (χ0n) is 11.8. The Balaban J connectivity index is 2.60. The first-order valence-electron chi connectivity index (χ1n) is 7.32. The van der Waals surface area contributed by atoms with E-state index in [0.29, 0.717) is 6.61 Å². The van der Waals surface area contributed by atoms with Crippen LogP contribution in [0.2, 0.25) is 0 Å². The number of carbonyl (C=O) groups excluding carboxylic acids is 1. The molecule has 0 aromatic carbocycles. The molecule has 0 bridgehead atoms. The normalized spacial score (nSPS) is 29.0. The van der Waals surface area contributed by atoms with E-state index in [0.717, 1.165) is 25.2 Å². The van der Waals surface area contributed by atoms with Crippen LogP contribution in [-0.2, 0) is 9.53 Å². The molecular formula is C15H28O2. The molecule has 2 heteroatoms. The summed E-state index contributed by atoms with van der Waals surface area (Å²) in [5.41, 5.74) is -0.141. The van der Waals surface area contributed by atoms with Gasteiger partial charge in [0.05, 0.1) is 12.0 Å². The lowest BCUT2D eigenvalue weighted by atomic mass is 9.68. The summed E-state index contributed by atoms with van der Waals surface area (Å²) in [5, 5.41) is 0. The number of hydrogen-bond acceptors (Lipinski definition) is 2. The molecule has 1 rings (SSSR count). The maximum atomic E-state index is 12.2. The van der Waals surface area contributed by atoms with Crippen molar-refractivity contribution in [3.8, 4) is 0 Å². The van der Waals surface area contributed by atoms with Gasteiger partial charge in [-0.3, -0.25) is 4.79 Å². The van der Waals surface area contributed by atoms with Gasteiger partial charge in [-0.05, 0) is 44.9 Å². The average molecular weight is 240 g/mol. The van der Waals surface area contributed by atoms with Crippen molar-refractivity contribution in [2.45, 2.75) is 72.1 Å². The van der Waals surface area contributed by atoms with Gasteiger partial charge in [0.2, 0.25) is 0 Å². The quantitative estimate of drug-likeness (QED) is 0.510. The standard InChI is InChI=1S/C15H28O2/c1-4-6-7-10-15(14(16)17-5-2)11-8-13(3)9-12-15/h13H,4-12H2,1-3H3. The van der Waals surface area contributed by atoms with E-state index in [1.54, 1.807) is 0 Å². The van der Waals surface area contributed by atoms with Crippen molar-refractivity contribution in [1.82, 2.24) is 0 Å². The lowest BCUT2D eigenvalue weighted by Crippen LogP contribution is -2.36. The number of hydrogen-bond donors (Lipinski definition) is 0. The third-order valence-electron chi connectivity index (χ3n) is 4.20. The van der Waals surface area contributed by atoms with Gasteiger partial charge in [0.15, 0.2) is 0 Å². The average Bonchev–Trinajstić information content (AvgIpc) is 2.32. The molecule has 0 aromatic heterocycles. The molecule has 0 heterocycles. The summed E-state index contributed by atoms with van der Waals surface area (Å²) in [4.78, 5) is 12.2. The second-order valence-corrected chi connectivity index (χ2v) is 5.64. The lowest BCUT2D eigenvalue weighted by Gasteiger charge is -2.37. The second-order valence-electron chi connectivity index (χ2n) is 5.64. The largest absolute Gasteiger partial charge is 0.466 e. The van der Waals surface area contributed by atoms with Gasteiger partial charge < -0.3 is 4.74 Å². The zero-order chi connectivity index (χ0) is 12.7. The minimum atomic E-state index is -0.141. The van der Waals surface area contributed by atoms with E-state index in [2.05, 4.69) is 13.8 Å². The Morgan fingerprint density at radius 3 is 2.41 bits per heavy atom. The fourth-order valence-corrected chi connectivity index (χ4v) is 2.87. The summed E-state index contributed by atoms with van der Waals surface area (Å²) in [6.45, 7) is 6.92. The molecule has 0 spiro atoms. The van der Waals surface area contributed by atoms with Gasteiger partial charge in [-0.25, -0.2) is 0 Å². The van der Waals surface area contributed by atoms with Crippen LogP contribution in [0.25, 0.3) is 0 Å². The highest BCUT2D eigenvalue weighted by Crippen LogP contribution is 2.43. The smallest absolute Gasteiger partial charge is 0.312 e. The van der Waals surface area contributed by atoms with Crippen LogP contribution in [0, 0.1) is 11.3 Å². The van der Waals surface area contributed by atoms with Crippen LogP contribution in [0.1, 0.15) is 72.1 Å². The fraction of sp³-hybridized carbons (Fsp3) is 0.933. The van der Waals surface area contributed by atoms with Crippen LogP contribution in [0.3, 0.4) is 0 Å². The van der Waals surface area contributed by atoms with E-state index in [1.807, 2.05) is 6.92 Å². The number of rotatable bonds is 6. The predicted molar refractivity (Wildman–Crippen MR) is 70.8 cm³/mol. The second kappa shape index (κ2) is 7.03. The Kier molecular flexibility index (Phi) is 6.01. The van der Waals surface area contributed by atoms with E-state index in [-0.39, 0.29) is 11.4 Å². The van der Waals surface area contributed by atoms with E-state index in [9.17, 15) is 4.79 Å².